The van der Waals surface area contributed by atoms with Gasteiger partial charge in [-0.05, 0) is 36.7 Å². The monoisotopic (exact) mass is 441 g/mol. The predicted octanol–water partition coefficient (Wildman–Crippen LogP) is 2.51. The van der Waals surface area contributed by atoms with E-state index in [0.29, 0.717) is 12.1 Å². The van der Waals surface area contributed by atoms with Crippen molar-refractivity contribution in [1.29, 1.82) is 0 Å². The Bertz CT molecular complexity index is 1130. The number of carbonyl (C=O) groups excluding carboxylic acids is 1. The molecule has 0 aliphatic carbocycles. The van der Waals surface area contributed by atoms with Crippen molar-refractivity contribution in [2.45, 2.75) is 19.4 Å². The Balaban J connectivity index is 1.29. The topological polar surface area (TPSA) is 67.9 Å². The van der Waals surface area contributed by atoms with Gasteiger partial charge in [-0.3, -0.25) is 9.36 Å². The molecule has 7 nitrogen and oxygen atoms in total. The number of esters is 1. The molecule has 3 aromatic rings. The van der Waals surface area contributed by atoms with Gasteiger partial charge < -0.3 is 19.0 Å². The highest BCUT2D eigenvalue weighted by Gasteiger charge is 2.14. The van der Waals surface area contributed by atoms with Crippen LogP contribution < -0.4 is 5.76 Å². The highest BCUT2D eigenvalue weighted by Crippen LogP contribution is 2.16. The summed E-state index contributed by atoms with van der Waals surface area (Å²) in [7, 11) is 2.13. The molecule has 0 saturated carbocycles. The quantitative estimate of drug-likeness (QED) is 0.395. The molecule has 1 aromatic heterocycles. The van der Waals surface area contributed by atoms with Crippen LogP contribution in [0.1, 0.15) is 17.5 Å². The van der Waals surface area contributed by atoms with Crippen LogP contribution in [-0.2, 0) is 22.5 Å². The molecule has 2 heterocycles. The summed E-state index contributed by atoms with van der Waals surface area (Å²) in [6.07, 6.45) is 1.00. The first-order chi connectivity index (χ1) is 15.5. The van der Waals surface area contributed by atoms with Gasteiger partial charge in [0, 0.05) is 38.8 Å². The Morgan fingerprint density at radius 1 is 1.09 bits per heavy atom. The molecule has 170 valence electrons. The second-order valence-electron chi connectivity index (χ2n) is 8.28. The molecule has 0 radical (unpaired) electrons. The van der Waals surface area contributed by atoms with Crippen LogP contribution in [0.15, 0.2) is 51.7 Å². The second-order valence-corrected chi connectivity index (χ2v) is 8.28. The molecule has 0 atom stereocenters. The van der Waals surface area contributed by atoms with Gasteiger partial charge in [-0.2, -0.15) is 0 Å². The molecule has 1 aliphatic heterocycles. The van der Waals surface area contributed by atoms with E-state index in [2.05, 4.69) is 16.8 Å². The maximum Gasteiger partial charge on any atom is 0.420 e. The number of benzene rings is 2. The van der Waals surface area contributed by atoms with Crippen molar-refractivity contribution in [2.75, 3.05) is 46.4 Å². The minimum Gasteiger partial charge on any atom is -0.465 e. The van der Waals surface area contributed by atoms with Crippen molar-refractivity contribution >= 4 is 17.1 Å². The fraction of sp³-hybridized carbons (Fsp3) is 0.417. The van der Waals surface area contributed by atoms with Gasteiger partial charge >= 0.3 is 11.7 Å². The van der Waals surface area contributed by atoms with Crippen LogP contribution in [0.25, 0.3) is 11.1 Å². The molecule has 2 aromatic carbocycles. The molecule has 1 saturated heterocycles. The number of nitrogens with zero attached hydrogens (tertiary/aromatic N) is 3. The van der Waals surface area contributed by atoms with Crippen LogP contribution in [0.3, 0.4) is 0 Å². The Hall–Kier alpha value is -2.97. The van der Waals surface area contributed by atoms with E-state index < -0.39 is 11.6 Å². The molecular formula is C24H28FN3O4. The molecule has 4 rings (SSSR count). The molecule has 0 amide bonds. The van der Waals surface area contributed by atoms with Crippen molar-refractivity contribution in [1.82, 2.24) is 14.4 Å². The smallest absolute Gasteiger partial charge is 0.420 e. The van der Waals surface area contributed by atoms with Gasteiger partial charge in [-0.25, -0.2) is 9.18 Å². The van der Waals surface area contributed by atoms with Gasteiger partial charge in [0.1, 0.15) is 5.82 Å². The van der Waals surface area contributed by atoms with Crippen LogP contribution in [0.4, 0.5) is 4.39 Å². The number of halogens is 1. The number of ether oxygens (including phenoxy) is 1. The summed E-state index contributed by atoms with van der Waals surface area (Å²) in [5.41, 5.74) is 2.41. The Labute approximate surface area is 186 Å². The first-order valence-electron chi connectivity index (χ1n) is 10.9. The third-order valence-corrected chi connectivity index (χ3v) is 5.79. The van der Waals surface area contributed by atoms with Gasteiger partial charge in [0.2, 0.25) is 0 Å². The lowest BCUT2D eigenvalue weighted by molar-refractivity contribution is -0.143. The van der Waals surface area contributed by atoms with Crippen LogP contribution in [-0.4, -0.2) is 66.7 Å². The predicted molar refractivity (Wildman–Crippen MR) is 119 cm³/mol. The van der Waals surface area contributed by atoms with E-state index in [1.165, 1.54) is 22.8 Å². The van der Waals surface area contributed by atoms with E-state index in [-0.39, 0.29) is 24.5 Å². The standard InChI is InChI=1S/C24H28FN3O4/c1-26-9-11-27(12-10-26)8-3-13-31-23(29)15-18-4-2-5-19(14-18)17-28-21-7-6-20(25)16-22(21)32-24(28)30/h2,4-7,14,16H,3,8-13,15,17H2,1H3. The molecular weight excluding hydrogens is 413 g/mol. The summed E-state index contributed by atoms with van der Waals surface area (Å²) >= 11 is 0. The zero-order valence-electron chi connectivity index (χ0n) is 18.3. The van der Waals surface area contributed by atoms with Crippen molar-refractivity contribution < 1.29 is 18.3 Å². The first kappa shape index (κ1) is 22.2. The third-order valence-electron chi connectivity index (χ3n) is 5.79. The van der Waals surface area contributed by atoms with E-state index >= 15 is 0 Å². The van der Waals surface area contributed by atoms with Gasteiger partial charge in [-0.15, -0.1) is 0 Å². The van der Waals surface area contributed by atoms with E-state index in [0.717, 1.165) is 50.3 Å². The lowest BCUT2D eigenvalue weighted by Gasteiger charge is -2.32. The highest BCUT2D eigenvalue weighted by molar-refractivity contribution is 5.73. The number of rotatable bonds is 8. The summed E-state index contributed by atoms with van der Waals surface area (Å²) in [5, 5.41) is 0. The SMILES string of the molecule is CN1CCN(CCCOC(=O)Cc2cccc(Cn3c(=O)oc4cc(F)ccc43)c2)CC1. The first-order valence-corrected chi connectivity index (χ1v) is 10.9. The fourth-order valence-corrected chi connectivity index (χ4v) is 3.97. The summed E-state index contributed by atoms with van der Waals surface area (Å²) in [6.45, 7) is 5.89. The van der Waals surface area contributed by atoms with Crippen molar-refractivity contribution in [3.8, 4) is 0 Å². The zero-order chi connectivity index (χ0) is 22.5. The van der Waals surface area contributed by atoms with Gasteiger partial charge in [0.05, 0.1) is 25.1 Å². The molecule has 0 N–H and O–H groups in total. The van der Waals surface area contributed by atoms with Gasteiger partial charge in [0.15, 0.2) is 5.58 Å². The summed E-state index contributed by atoms with van der Waals surface area (Å²) in [5.74, 6) is -1.26. The van der Waals surface area contributed by atoms with E-state index in [4.69, 9.17) is 9.15 Å². The lowest BCUT2D eigenvalue weighted by atomic mass is 10.1. The summed E-state index contributed by atoms with van der Waals surface area (Å²) < 4.78 is 25.4. The number of fused-ring (bicyclic) bond motifs is 1. The third kappa shape index (κ3) is 5.63. The summed E-state index contributed by atoms with van der Waals surface area (Å²) in [4.78, 5) is 29.1. The normalized spacial score (nSPS) is 15.3. The van der Waals surface area contributed by atoms with Crippen molar-refractivity contribution in [2.24, 2.45) is 0 Å². The maximum atomic E-state index is 13.4. The van der Waals surface area contributed by atoms with E-state index in [9.17, 15) is 14.0 Å². The van der Waals surface area contributed by atoms with Crippen molar-refractivity contribution in [3.05, 3.63) is 70.0 Å². The van der Waals surface area contributed by atoms with Crippen LogP contribution in [0, 0.1) is 5.82 Å². The molecule has 0 unspecified atom stereocenters. The zero-order valence-corrected chi connectivity index (χ0v) is 18.3. The number of hydrogen-bond acceptors (Lipinski definition) is 6. The molecule has 0 bridgehead atoms. The Morgan fingerprint density at radius 2 is 1.88 bits per heavy atom. The second kappa shape index (κ2) is 10.1. The summed E-state index contributed by atoms with van der Waals surface area (Å²) in [6, 6.07) is 11.5. The van der Waals surface area contributed by atoms with Crippen LogP contribution in [0.2, 0.25) is 0 Å². The Morgan fingerprint density at radius 3 is 2.69 bits per heavy atom. The number of piperazine rings is 1. The van der Waals surface area contributed by atoms with Crippen LogP contribution >= 0.6 is 0 Å². The average Bonchev–Trinajstić information content (AvgIpc) is 3.07. The minimum absolute atomic E-state index is 0.175. The number of likely N-dealkylation sites (N-methyl/N-ethyl adjacent to an activating group) is 1. The van der Waals surface area contributed by atoms with Crippen molar-refractivity contribution in [3.63, 3.8) is 0 Å². The Kier molecular flexibility index (Phi) is 7.02. The fourth-order valence-electron chi connectivity index (χ4n) is 3.97. The lowest BCUT2D eigenvalue weighted by Crippen LogP contribution is -2.44. The molecule has 1 aliphatic rings. The van der Waals surface area contributed by atoms with Gasteiger partial charge in [-0.1, -0.05) is 24.3 Å². The van der Waals surface area contributed by atoms with Gasteiger partial charge in [0.25, 0.3) is 0 Å². The largest absolute Gasteiger partial charge is 0.465 e. The molecule has 0 spiro atoms. The van der Waals surface area contributed by atoms with Crippen LogP contribution in [0.5, 0.6) is 0 Å². The number of carbonyl (C=O) groups is 1. The number of hydrogen-bond donors (Lipinski definition) is 0. The number of aromatic nitrogens is 1. The molecule has 32 heavy (non-hydrogen) atoms. The molecule has 8 heteroatoms. The minimum atomic E-state index is -0.546. The van der Waals surface area contributed by atoms with E-state index in [1.807, 2.05) is 24.3 Å². The maximum absolute atomic E-state index is 13.4. The van der Waals surface area contributed by atoms with E-state index in [1.54, 1.807) is 0 Å². The molecule has 1 fully saturated rings. The highest BCUT2D eigenvalue weighted by atomic mass is 19.1. The average molecular weight is 442 g/mol. The number of oxazole rings is 1.